The fourth-order valence-electron chi connectivity index (χ4n) is 1.86. The molecule has 1 aliphatic carbocycles. The van der Waals surface area contributed by atoms with Crippen molar-refractivity contribution >= 4 is 11.1 Å². The van der Waals surface area contributed by atoms with Gasteiger partial charge in [0.05, 0.1) is 6.10 Å². The van der Waals surface area contributed by atoms with Crippen LogP contribution in [0.2, 0.25) is 0 Å². The van der Waals surface area contributed by atoms with Gasteiger partial charge in [-0.1, -0.05) is 29.3 Å². The average Bonchev–Trinajstić information content (AvgIpc) is 2.47. The van der Waals surface area contributed by atoms with E-state index in [0.717, 1.165) is 29.5 Å². The summed E-state index contributed by atoms with van der Waals surface area (Å²) in [5, 5.41) is 9.59. The maximum atomic E-state index is 10.5. The highest BCUT2D eigenvalue weighted by atomic mass is 32.2. The molecule has 0 aromatic heterocycles. The van der Waals surface area contributed by atoms with Crippen molar-refractivity contribution in [2.45, 2.75) is 24.7 Å². The van der Waals surface area contributed by atoms with Crippen LogP contribution in [-0.4, -0.2) is 13.9 Å². The fourth-order valence-corrected chi connectivity index (χ4v) is 2.31. The molecule has 0 amide bonds. The standard InChI is InChI=1S/C10H12O3S/c11-10-4-3-8-2-1-7(5-9(8)10)6-14(12)13/h1-2,5,10-11H,3-4,6H2,(H,12,13)/p-1. The molecule has 0 radical (unpaired) electrons. The highest BCUT2D eigenvalue weighted by Crippen LogP contribution is 2.31. The van der Waals surface area contributed by atoms with Crippen molar-refractivity contribution in [3.8, 4) is 0 Å². The summed E-state index contributed by atoms with van der Waals surface area (Å²) in [6, 6.07) is 5.52. The molecule has 0 saturated carbocycles. The highest BCUT2D eigenvalue weighted by Gasteiger charge is 2.19. The predicted molar refractivity (Wildman–Crippen MR) is 52.3 cm³/mol. The maximum Gasteiger partial charge on any atom is 0.0796 e. The van der Waals surface area contributed by atoms with E-state index >= 15 is 0 Å². The van der Waals surface area contributed by atoms with Crippen molar-refractivity contribution in [3.05, 3.63) is 34.9 Å². The summed E-state index contributed by atoms with van der Waals surface area (Å²) >= 11 is -2.06. The van der Waals surface area contributed by atoms with Gasteiger partial charge in [0, 0.05) is 5.75 Å². The second-order valence-corrected chi connectivity index (χ2v) is 4.43. The molecule has 1 aromatic carbocycles. The van der Waals surface area contributed by atoms with Gasteiger partial charge >= 0.3 is 0 Å². The van der Waals surface area contributed by atoms with Gasteiger partial charge in [0.15, 0.2) is 0 Å². The second-order valence-electron chi connectivity index (χ2n) is 3.54. The van der Waals surface area contributed by atoms with E-state index in [-0.39, 0.29) is 5.75 Å². The summed E-state index contributed by atoms with van der Waals surface area (Å²) in [7, 11) is 0. The van der Waals surface area contributed by atoms with Crippen LogP contribution in [0.1, 0.15) is 29.2 Å². The quantitative estimate of drug-likeness (QED) is 0.744. The predicted octanol–water partition coefficient (Wildman–Crippen LogP) is 1.05. The molecular formula is C10H11O3S-. The third kappa shape index (κ3) is 1.87. The molecule has 2 rings (SSSR count). The van der Waals surface area contributed by atoms with Crippen LogP contribution in [0.15, 0.2) is 18.2 Å². The molecule has 0 spiro atoms. The molecule has 0 bridgehead atoms. The number of benzene rings is 1. The summed E-state index contributed by atoms with van der Waals surface area (Å²) in [6.45, 7) is 0. The first kappa shape index (κ1) is 9.83. The fraction of sp³-hybridized carbons (Fsp3) is 0.400. The van der Waals surface area contributed by atoms with E-state index in [2.05, 4.69) is 0 Å². The van der Waals surface area contributed by atoms with Crippen LogP contribution in [0.4, 0.5) is 0 Å². The Kier molecular flexibility index (Phi) is 2.67. The van der Waals surface area contributed by atoms with Gasteiger partial charge in [-0.05, 0) is 29.5 Å². The molecule has 0 fully saturated rings. The lowest BCUT2D eigenvalue weighted by Crippen LogP contribution is -1.96. The second kappa shape index (κ2) is 3.81. The van der Waals surface area contributed by atoms with E-state index in [1.165, 1.54) is 0 Å². The molecular weight excluding hydrogens is 200 g/mol. The molecule has 3 nitrogen and oxygen atoms in total. The number of aryl methyl sites for hydroxylation is 1. The Labute approximate surface area is 85.1 Å². The third-order valence-corrected chi connectivity index (χ3v) is 3.11. The molecule has 0 heterocycles. The van der Waals surface area contributed by atoms with Crippen LogP contribution in [-0.2, 0) is 23.3 Å². The van der Waals surface area contributed by atoms with Gasteiger partial charge < -0.3 is 9.66 Å². The normalized spacial score (nSPS) is 22.0. The Morgan fingerprint density at radius 2 is 2.36 bits per heavy atom. The van der Waals surface area contributed by atoms with E-state index in [9.17, 15) is 13.9 Å². The molecule has 14 heavy (non-hydrogen) atoms. The van der Waals surface area contributed by atoms with Gasteiger partial charge in [-0.25, -0.2) is 0 Å². The van der Waals surface area contributed by atoms with Crippen molar-refractivity contribution in [1.29, 1.82) is 0 Å². The number of aliphatic hydroxyl groups is 1. The van der Waals surface area contributed by atoms with Gasteiger partial charge in [-0.2, -0.15) is 0 Å². The van der Waals surface area contributed by atoms with Crippen molar-refractivity contribution in [3.63, 3.8) is 0 Å². The topological polar surface area (TPSA) is 60.4 Å². The van der Waals surface area contributed by atoms with Crippen LogP contribution < -0.4 is 0 Å². The molecule has 0 saturated heterocycles. The Morgan fingerprint density at radius 3 is 3.07 bits per heavy atom. The Morgan fingerprint density at radius 1 is 1.57 bits per heavy atom. The number of fused-ring (bicyclic) bond motifs is 1. The van der Waals surface area contributed by atoms with Crippen molar-refractivity contribution in [2.75, 3.05) is 0 Å². The van der Waals surface area contributed by atoms with Crippen LogP contribution in [0.25, 0.3) is 0 Å². The Balaban J connectivity index is 2.30. The highest BCUT2D eigenvalue weighted by molar-refractivity contribution is 7.78. The first-order chi connectivity index (χ1) is 6.66. The van der Waals surface area contributed by atoms with Gasteiger partial charge in [-0.15, -0.1) is 0 Å². The summed E-state index contributed by atoms with van der Waals surface area (Å²) in [6.07, 6.45) is 1.22. The number of hydrogen-bond acceptors (Lipinski definition) is 3. The van der Waals surface area contributed by atoms with Crippen molar-refractivity contribution < 1.29 is 13.9 Å². The molecule has 2 unspecified atom stereocenters. The largest absolute Gasteiger partial charge is 0.772 e. The zero-order chi connectivity index (χ0) is 10.1. The zero-order valence-electron chi connectivity index (χ0n) is 7.60. The minimum atomic E-state index is -2.06. The molecule has 76 valence electrons. The molecule has 1 aromatic rings. The Hall–Kier alpha value is -0.710. The van der Waals surface area contributed by atoms with Crippen LogP contribution in [0.3, 0.4) is 0 Å². The summed E-state index contributed by atoms with van der Waals surface area (Å²) in [5.41, 5.74) is 2.78. The first-order valence-corrected chi connectivity index (χ1v) is 5.77. The SMILES string of the molecule is O=S([O-])Cc1ccc2c(c1)C(O)CC2. The zero-order valence-corrected chi connectivity index (χ0v) is 8.42. The molecule has 1 aliphatic rings. The molecule has 4 heteroatoms. The van der Waals surface area contributed by atoms with E-state index in [4.69, 9.17) is 0 Å². The lowest BCUT2D eigenvalue weighted by molar-refractivity contribution is 0.180. The van der Waals surface area contributed by atoms with E-state index in [1.807, 2.05) is 12.1 Å². The number of aliphatic hydroxyl groups excluding tert-OH is 1. The van der Waals surface area contributed by atoms with Gasteiger partial charge in [0.1, 0.15) is 0 Å². The maximum absolute atomic E-state index is 10.5. The molecule has 2 atom stereocenters. The van der Waals surface area contributed by atoms with Crippen LogP contribution in [0.5, 0.6) is 0 Å². The Bertz CT molecular complexity index is 376. The van der Waals surface area contributed by atoms with Gasteiger partial charge in [-0.3, -0.25) is 4.21 Å². The smallest absolute Gasteiger partial charge is 0.0796 e. The summed E-state index contributed by atoms with van der Waals surface area (Å²) < 4.78 is 21.0. The van der Waals surface area contributed by atoms with E-state index in [1.54, 1.807) is 6.07 Å². The molecule has 0 aliphatic heterocycles. The monoisotopic (exact) mass is 211 g/mol. The summed E-state index contributed by atoms with van der Waals surface area (Å²) in [5.74, 6) is 0.0278. The minimum Gasteiger partial charge on any atom is -0.772 e. The lowest BCUT2D eigenvalue weighted by Gasteiger charge is -2.08. The van der Waals surface area contributed by atoms with Crippen molar-refractivity contribution in [2.24, 2.45) is 0 Å². The van der Waals surface area contributed by atoms with Crippen LogP contribution in [0, 0.1) is 0 Å². The average molecular weight is 211 g/mol. The van der Waals surface area contributed by atoms with E-state index < -0.39 is 17.2 Å². The molecule has 1 N–H and O–H groups in total. The number of hydrogen-bond donors (Lipinski definition) is 1. The first-order valence-electron chi connectivity index (χ1n) is 4.52. The lowest BCUT2D eigenvalue weighted by atomic mass is 10.1. The minimum absolute atomic E-state index is 0.0278. The third-order valence-electron chi connectivity index (χ3n) is 2.54. The van der Waals surface area contributed by atoms with Gasteiger partial charge in [0.2, 0.25) is 0 Å². The van der Waals surface area contributed by atoms with Crippen LogP contribution >= 0.6 is 0 Å². The summed E-state index contributed by atoms with van der Waals surface area (Å²) in [4.78, 5) is 0. The number of rotatable bonds is 2. The van der Waals surface area contributed by atoms with Crippen molar-refractivity contribution in [1.82, 2.24) is 0 Å². The van der Waals surface area contributed by atoms with Gasteiger partial charge in [0.25, 0.3) is 0 Å². The van der Waals surface area contributed by atoms with E-state index in [0.29, 0.717) is 0 Å².